The molecule has 3 aliphatic rings. The summed E-state index contributed by atoms with van der Waals surface area (Å²) in [4.78, 5) is 39.0. The Kier molecular flexibility index (Phi) is 7.23. The van der Waals surface area contributed by atoms with Crippen LogP contribution in [-0.4, -0.2) is 75.6 Å². The first kappa shape index (κ1) is 26.8. The van der Waals surface area contributed by atoms with E-state index in [4.69, 9.17) is 11.6 Å². The van der Waals surface area contributed by atoms with E-state index in [0.29, 0.717) is 39.8 Å². The average molecular weight is 568 g/mol. The first-order valence-corrected chi connectivity index (χ1v) is 15.4. The van der Waals surface area contributed by atoms with Gasteiger partial charge in [0.1, 0.15) is 4.70 Å². The fourth-order valence-corrected chi connectivity index (χ4v) is 7.81. The second-order valence-corrected chi connectivity index (χ2v) is 13.9. The van der Waals surface area contributed by atoms with Crippen LogP contribution in [0.25, 0.3) is 20.7 Å². The molecule has 3 fully saturated rings. The third-order valence-electron chi connectivity index (χ3n) is 9.29. The van der Waals surface area contributed by atoms with E-state index < -0.39 is 0 Å². The van der Waals surface area contributed by atoms with Gasteiger partial charge in [-0.15, -0.1) is 11.3 Å². The minimum Gasteiger partial charge on any atom is -0.323 e. The van der Waals surface area contributed by atoms with Gasteiger partial charge >= 0.3 is 6.03 Å². The summed E-state index contributed by atoms with van der Waals surface area (Å²) in [6, 6.07) is 10.5. The summed E-state index contributed by atoms with van der Waals surface area (Å²) in [5.41, 5.74) is 2.18. The van der Waals surface area contributed by atoms with Crippen molar-refractivity contribution in [2.45, 2.75) is 70.5 Å². The Morgan fingerprint density at radius 3 is 2.54 bits per heavy atom. The fourth-order valence-electron chi connectivity index (χ4n) is 6.63. The van der Waals surface area contributed by atoms with Crippen molar-refractivity contribution < 1.29 is 4.79 Å². The molecule has 2 aromatic heterocycles. The molecule has 4 heterocycles. The number of hydrogen-bond donors (Lipinski definition) is 0. The topological polar surface area (TPSA) is 61.7 Å². The van der Waals surface area contributed by atoms with E-state index in [2.05, 4.69) is 23.7 Å². The number of rotatable bonds is 4. The summed E-state index contributed by atoms with van der Waals surface area (Å²) in [5, 5.41) is 0.685. The first-order chi connectivity index (χ1) is 18.7. The zero-order chi connectivity index (χ0) is 27.3. The van der Waals surface area contributed by atoms with E-state index in [9.17, 15) is 9.59 Å². The van der Waals surface area contributed by atoms with Crippen molar-refractivity contribution in [2.75, 3.05) is 33.2 Å². The number of benzene rings is 1. The fraction of sp³-hybridized carbons (Fsp3) is 0.567. The molecular weight excluding hydrogens is 530 g/mol. The van der Waals surface area contributed by atoms with E-state index in [1.807, 2.05) is 47.2 Å². The van der Waals surface area contributed by atoms with Crippen LogP contribution in [0, 0.1) is 5.41 Å². The van der Waals surface area contributed by atoms with Gasteiger partial charge in [-0.05, 0) is 67.7 Å². The molecule has 0 N–H and O–H groups in total. The number of fused-ring (bicyclic) bond motifs is 1. The van der Waals surface area contributed by atoms with Gasteiger partial charge in [-0.3, -0.25) is 14.3 Å². The minimum atomic E-state index is -0.0569. The quantitative estimate of drug-likeness (QED) is 0.381. The zero-order valence-corrected chi connectivity index (χ0v) is 24.7. The molecule has 9 heteroatoms. The highest BCUT2D eigenvalue weighted by Gasteiger charge is 2.38. The monoisotopic (exact) mass is 567 g/mol. The summed E-state index contributed by atoms with van der Waals surface area (Å²) in [7, 11) is 1.96. The highest BCUT2D eigenvalue weighted by molar-refractivity contribution is 7.22. The molecule has 1 aromatic carbocycles. The third kappa shape index (κ3) is 5.35. The van der Waals surface area contributed by atoms with Gasteiger partial charge < -0.3 is 9.80 Å². The molecule has 39 heavy (non-hydrogen) atoms. The number of amides is 2. The maximum absolute atomic E-state index is 13.5. The van der Waals surface area contributed by atoms with Crippen molar-refractivity contribution in [3.05, 3.63) is 52.0 Å². The smallest absolute Gasteiger partial charge is 0.320 e. The number of halogens is 1. The van der Waals surface area contributed by atoms with Crippen LogP contribution in [-0.2, 0) is 0 Å². The first-order valence-electron chi connectivity index (χ1n) is 14.2. The van der Waals surface area contributed by atoms with E-state index in [0.717, 1.165) is 36.4 Å². The molecule has 2 saturated heterocycles. The lowest BCUT2D eigenvalue weighted by molar-refractivity contribution is 0.116. The summed E-state index contributed by atoms with van der Waals surface area (Å²) in [6.07, 6.45) is 8.57. The number of hydrogen-bond acceptors (Lipinski definition) is 5. The van der Waals surface area contributed by atoms with Crippen molar-refractivity contribution in [1.82, 2.24) is 24.3 Å². The SMILES string of the molecule is CN(C(=O)N1CC[C@H](n2cnc3cc(-c4ccc(Cl)cc4)sc3c2=O)C1)[C@@H]1CCN(C2CCC(C)(C)CC2)C1. The van der Waals surface area contributed by atoms with E-state index in [1.165, 1.54) is 37.0 Å². The van der Waals surface area contributed by atoms with Gasteiger partial charge in [0.15, 0.2) is 0 Å². The normalized spacial score (nSPS) is 24.1. The molecule has 0 radical (unpaired) electrons. The van der Waals surface area contributed by atoms with Crippen LogP contribution >= 0.6 is 22.9 Å². The number of likely N-dealkylation sites (tertiary alicyclic amines) is 2. The second-order valence-electron chi connectivity index (χ2n) is 12.4. The third-order valence-corrected chi connectivity index (χ3v) is 10.7. The Morgan fingerprint density at radius 1 is 1.05 bits per heavy atom. The van der Waals surface area contributed by atoms with Crippen molar-refractivity contribution in [2.24, 2.45) is 5.41 Å². The Hall–Kier alpha value is -2.42. The molecule has 0 bridgehead atoms. The van der Waals surface area contributed by atoms with Crippen LogP contribution in [0.15, 0.2) is 41.5 Å². The number of aromatic nitrogens is 2. The van der Waals surface area contributed by atoms with Crippen molar-refractivity contribution >= 4 is 39.2 Å². The number of nitrogens with zero attached hydrogens (tertiary/aromatic N) is 5. The van der Waals surface area contributed by atoms with Gasteiger partial charge in [-0.2, -0.15) is 0 Å². The van der Waals surface area contributed by atoms with Crippen LogP contribution in [0.2, 0.25) is 5.02 Å². The molecule has 1 aliphatic carbocycles. The molecular formula is C30H38ClN5O2S. The molecule has 3 aromatic rings. The largest absolute Gasteiger partial charge is 0.323 e. The zero-order valence-electron chi connectivity index (χ0n) is 23.1. The van der Waals surface area contributed by atoms with Gasteiger partial charge in [0.25, 0.3) is 5.56 Å². The lowest BCUT2D eigenvalue weighted by Crippen LogP contribution is -2.47. The Labute approximate surface area is 239 Å². The van der Waals surface area contributed by atoms with Crippen LogP contribution in [0.3, 0.4) is 0 Å². The molecule has 7 nitrogen and oxygen atoms in total. The summed E-state index contributed by atoms with van der Waals surface area (Å²) in [5.74, 6) is 0. The maximum Gasteiger partial charge on any atom is 0.320 e. The predicted octanol–water partition coefficient (Wildman–Crippen LogP) is 6.12. The molecule has 2 aliphatic heterocycles. The lowest BCUT2D eigenvalue weighted by atomic mass is 9.75. The molecule has 2 amide bonds. The van der Waals surface area contributed by atoms with Crippen LogP contribution in [0.5, 0.6) is 0 Å². The summed E-state index contributed by atoms with van der Waals surface area (Å²) in [6.45, 7) is 8.02. The lowest BCUT2D eigenvalue weighted by Gasteiger charge is -2.39. The molecule has 1 saturated carbocycles. The molecule has 208 valence electrons. The summed E-state index contributed by atoms with van der Waals surface area (Å²) < 4.78 is 2.39. The highest BCUT2D eigenvalue weighted by atomic mass is 35.5. The van der Waals surface area contributed by atoms with Crippen LogP contribution in [0.1, 0.15) is 58.4 Å². The van der Waals surface area contributed by atoms with E-state index in [1.54, 1.807) is 10.9 Å². The molecule has 2 atom stereocenters. The van der Waals surface area contributed by atoms with E-state index in [-0.39, 0.29) is 23.7 Å². The van der Waals surface area contributed by atoms with Crippen molar-refractivity contribution in [3.8, 4) is 10.4 Å². The minimum absolute atomic E-state index is 0.0278. The van der Waals surface area contributed by atoms with Gasteiger partial charge in [0.2, 0.25) is 0 Å². The van der Waals surface area contributed by atoms with Crippen molar-refractivity contribution in [3.63, 3.8) is 0 Å². The van der Waals surface area contributed by atoms with Crippen molar-refractivity contribution in [1.29, 1.82) is 0 Å². The molecule has 0 unspecified atom stereocenters. The van der Waals surface area contributed by atoms with Crippen LogP contribution in [0.4, 0.5) is 4.79 Å². The van der Waals surface area contributed by atoms with Gasteiger partial charge in [0, 0.05) is 55.2 Å². The Balaban J connectivity index is 1.10. The second kappa shape index (κ2) is 10.5. The number of likely N-dealkylation sites (N-methyl/N-ethyl adjacent to an activating group) is 1. The number of carbonyl (C=O) groups is 1. The highest BCUT2D eigenvalue weighted by Crippen LogP contribution is 2.38. The predicted molar refractivity (Wildman–Crippen MR) is 159 cm³/mol. The number of urea groups is 1. The Bertz CT molecular complexity index is 1410. The average Bonchev–Trinajstić information content (AvgIpc) is 3.68. The molecule has 6 rings (SSSR count). The Morgan fingerprint density at radius 2 is 1.79 bits per heavy atom. The van der Waals surface area contributed by atoms with Gasteiger partial charge in [0.05, 0.1) is 17.9 Å². The van der Waals surface area contributed by atoms with Crippen LogP contribution < -0.4 is 5.56 Å². The summed E-state index contributed by atoms with van der Waals surface area (Å²) >= 11 is 7.50. The number of thiophene rings is 1. The van der Waals surface area contributed by atoms with E-state index >= 15 is 0 Å². The number of carbonyl (C=O) groups excluding carboxylic acids is 1. The maximum atomic E-state index is 13.5. The standard InChI is InChI=1S/C30H38ClN5O2S/c1-30(2)12-8-22(9-13-30)34-14-10-23(17-34)33(3)29(38)35-15-11-24(18-35)36-19-32-25-16-26(39-27(25)28(36)37)20-4-6-21(31)7-5-20/h4-7,16,19,22-24H,8-15,17-18H2,1-3H3/t23-,24+/m1/s1. The van der Waals surface area contributed by atoms with Gasteiger partial charge in [-0.1, -0.05) is 37.6 Å². The van der Waals surface area contributed by atoms with Gasteiger partial charge in [-0.25, -0.2) is 9.78 Å². The molecule has 0 spiro atoms.